The molecule has 12 heteroatoms. The summed E-state index contributed by atoms with van der Waals surface area (Å²) in [5.74, 6) is -0.746. The zero-order valence-corrected chi connectivity index (χ0v) is 29.4. The smallest absolute Gasteiger partial charge is 0.264 e. The van der Waals surface area contributed by atoms with Gasteiger partial charge in [-0.2, -0.15) is 0 Å². The number of nitrogens with zero attached hydrogens (tertiary/aromatic N) is 2. The van der Waals surface area contributed by atoms with Gasteiger partial charge in [-0.05, 0) is 66.4 Å². The van der Waals surface area contributed by atoms with Crippen LogP contribution in [0.3, 0.4) is 0 Å². The zero-order chi connectivity index (χ0) is 34.3. The molecule has 0 heterocycles. The molecular formula is C36H36Cl3N3O5S. The Hall–Kier alpha value is -3.76. The number of hydrogen-bond acceptors (Lipinski definition) is 5. The summed E-state index contributed by atoms with van der Waals surface area (Å²) in [7, 11) is -2.93. The van der Waals surface area contributed by atoms with E-state index in [2.05, 4.69) is 5.32 Å². The van der Waals surface area contributed by atoms with Crippen LogP contribution in [0.25, 0.3) is 0 Å². The molecule has 1 fully saturated rings. The zero-order valence-electron chi connectivity index (χ0n) is 26.3. The molecule has 0 aromatic heterocycles. The first-order valence-corrected chi connectivity index (χ1v) is 18.1. The Bertz CT molecular complexity index is 1840. The summed E-state index contributed by atoms with van der Waals surface area (Å²) < 4.78 is 35.1. The Morgan fingerprint density at radius 2 is 1.52 bits per heavy atom. The van der Waals surface area contributed by atoms with Crippen LogP contribution in [0, 0.1) is 0 Å². The molecule has 1 saturated carbocycles. The second-order valence-corrected chi connectivity index (χ2v) is 14.7. The molecule has 2 amide bonds. The van der Waals surface area contributed by atoms with Crippen LogP contribution in [-0.2, 0) is 32.6 Å². The van der Waals surface area contributed by atoms with Crippen LogP contribution >= 0.6 is 34.8 Å². The molecule has 1 N–H and O–H groups in total. The predicted octanol–water partition coefficient (Wildman–Crippen LogP) is 7.55. The molecule has 0 bridgehead atoms. The van der Waals surface area contributed by atoms with Crippen LogP contribution in [0.15, 0.2) is 102 Å². The highest BCUT2D eigenvalue weighted by Crippen LogP contribution is 2.35. The van der Waals surface area contributed by atoms with Crippen molar-refractivity contribution in [1.82, 2.24) is 10.2 Å². The lowest BCUT2D eigenvalue weighted by molar-refractivity contribution is -0.140. The van der Waals surface area contributed by atoms with Gasteiger partial charge in [0.2, 0.25) is 11.8 Å². The van der Waals surface area contributed by atoms with E-state index in [4.69, 9.17) is 39.5 Å². The van der Waals surface area contributed by atoms with Crippen LogP contribution in [0.1, 0.15) is 36.8 Å². The van der Waals surface area contributed by atoms with Crippen molar-refractivity contribution in [3.8, 4) is 5.75 Å². The molecule has 1 aliphatic carbocycles. The van der Waals surface area contributed by atoms with E-state index in [1.807, 2.05) is 30.3 Å². The van der Waals surface area contributed by atoms with E-state index in [1.54, 1.807) is 42.5 Å². The number of carbonyl (C=O) groups excluding carboxylic acids is 2. The van der Waals surface area contributed by atoms with E-state index in [-0.39, 0.29) is 51.3 Å². The summed E-state index contributed by atoms with van der Waals surface area (Å²) in [6, 6.07) is 25.7. The first-order chi connectivity index (χ1) is 23.1. The number of carbonyl (C=O) groups is 2. The van der Waals surface area contributed by atoms with E-state index in [0.29, 0.717) is 10.6 Å². The maximum atomic E-state index is 14.7. The fraction of sp³-hybridized carbons (Fsp3) is 0.278. The molecule has 1 aliphatic rings. The van der Waals surface area contributed by atoms with E-state index in [9.17, 15) is 18.0 Å². The Kier molecular flexibility index (Phi) is 11.9. The molecule has 8 nitrogen and oxygen atoms in total. The summed E-state index contributed by atoms with van der Waals surface area (Å²) in [5, 5.41) is 4.03. The number of amides is 2. The summed E-state index contributed by atoms with van der Waals surface area (Å²) in [6.45, 7) is -0.700. The Labute approximate surface area is 296 Å². The van der Waals surface area contributed by atoms with Gasteiger partial charge in [-0.25, -0.2) is 8.42 Å². The van der Waals surface area contributed by atoms with Crippen LogP contribution in [0.4, 0.5) is 5.69 Å². The average Bonchev–Trinajstić information content (AvgIpc) is 3.60. The van der Waals surface area contributed by atoms with Gasteiger partial charge in [-0.15, -0.1) is 0 Å². The van der Waals surface area contributed by atoms with Crippen molar-refractivity contribution in [1.29, 1.82) is 0 Å². The van der Waals surface area contributed by atoms with Crippen molar-refractivity contribution in [3.63, 3.8) is 0 Å². The largest absolute Gasteiger partial charge is 0.495 e. The summed E-state index contributed by atoms with van der Waals surface area (Å²) in [5.41, 5.74) is 1.52. The number of benzene rings is 4. The van der Waals surface area contributed by atoms with Gasteiger partial charge in [0.15, 0.2) is 0 Å². The van der Waals surface area contributed by atoms with Crippen molar-refractivity contribution in [3.05, 3.63) is 123 Å². The number of methoxy groups -OCH3 is 1. The number of rotatable bonds is 13. The van der Waals surface area contributed by atoms with Gasteiger partial charge in [0.1, 0.15) is 18.3 Å². The monoisotopic (exact) mass is 727 g/mol. The molecule has 1 atom stereocenters. The summed E-state index contributed by atoms with van der Waals surface area (Å²) in [4.78, 5) is 30.3. The maximum absolute atomic E-state index is 14.7. The molecule has 0 unspecified atom stereocenters. The van der Waals surface area contributed by atoms with Crippen molar-refractivity contribution in [2.24, 2.45) is 0 Å². The quantitative estimate of drug-likeness (QED) is 0.154. The number of ether oxygens (including phenoxy) is 1. The minimum Gasteiger partial charge on any atom is -0.495 e. The first kappa shape index (κ1) is 35.5. The van der Waals surface area contributed by atoms with Gasteiger partial charge in [0.05, 0.1) is 27.7 Å². The minimum atomic E-state index is -4.33. The SMILES string of the molecule is COc1ccc(Cl)cc1N(CC(=O)N(Cc1ccc(Cl)c(Cl)c1)[C@H](Cc1ccccc1)C(=O)NC1CCCC1)S(=O)(=O)c1ccccc1. The second kappa shape index (κ2) is 16.1. The highest BCUT2D eigenvalue weighted by molar-refractivity contribution is 7.92. The number of nitrogens with one attached hydrogen (secondary N) is 1. The molecule has 48 heavy (non-hydrogen) atoms. The molecule has 0 aliphatic heterocycles. The van der Waals surface area contributed by atoms with Crippen LogP contribution in [-0.4, -0.2) is 50.9 Å². The number of hydrogen-bond donors (Lipinski definition) is 1. The van der Waals surface area contributed by atoms with E-state index >= 15 is 0 Å². The van der Waals surface area contributed by atoms with Gasteiger partial charge < -0.3 is 15.0 Å². The fourth-order valence-corrected chi connectivity index (χ4v) is 7.77. The Morgan fingerprint density at radius 1 is 0.854 bits per heavy atom. The van der Waals surface area contributed by atoms with Crippen LogP contribution in [0.2, 0.25) is 15.1 Å². The highest BCUT2D eigenvalue weighted by atomic mass is 35.5. The van der Waals surface area contributed by atoms with Crippen molar-refractivity contribution in [2.75, 3.05) is 18.0 Å². The van der Waals surface area contributed by atoms with Gasteiger partial charge in [0, 0.05) is 24.0 Å². The molecular weight excluding hydrogens is 693 g/mol. The number of anilines is 1. The summed E-state index contributed by atoms with van der Waals surface area (Å²) in [6.07, 6.45) is 3.91. The first-order valence-electron chi connectivity index (χ1n) is 15.6. The van der Waals surface area contributed by atoms with Crippen molar-refractivity contribution < 1.29 is 22.7 Å². The summed E-state index contributed by atoms with van der Waals surface area (Å²) >= 11 is 18.9. The molecule has 4 aromatic carbocycles. The molecule has 0 spiro atoms. The lowest BCUT2D eigenvalue weighted by atomic mass is 10.0. The Balaban J connectivity index is 1.61. The fourth-order valence-electron chi connectivity index (χ4n) is 5.85. The van der Waals surface area contributed by atoms with Gasteiger partial charge in [0.25, 0.3) is 10.0 Å². The number of sulfonamides is 1. The topological polar surface area (TPSA) is 96.0 Å². The molecule has 0 saturated heterocycles. The maximum Gasteiger partial charge on any atom is 0.264 e. The third kappa shape index (κ3) is 8.63. The van der Waals surface area contributed by atoms with Crippen LogP contribution in [0.5, 0.6) is 5.75 Å². The second-order valence-electron chi connectivity index (χ2n) is 11.6. The van der Waals surface area contributed by atoms with Crippen molar-refractivity contribution >= 4 is 62.3 Å². The molecule has 5 rings (SSSR count). The molecule has 0 radical (unpaired) electrons. The lowest BCUT2D eigenvalue weighted by Crippen LogP contribution is -2.54. The Morgan fingerprint density at radius 3 is 2.17 bits per heavy atom. The van der Waals surface area contributed by atoms with E-state index in [0.717, 1.165) is 35.6 Å². The van der Waals surface area contributed by atoms with Crippen LogP contribution < -0.4 is 14.4 Å². The minimum absolute atomic E-state index is 0.0108. The average molecular weight is 729 g/mol. The predicted molar refractivity (Wildman–Crippen MR) is 190 cm³/mol. The van der Waals surface area contributed by atoms with E-state index < -0.39 is 28.5 Å². The van der Waals surface area contributed by atoms with E-state index in [1.165, 1.54) is 36.3 Å². The van der Waals surface area contributed by atoms with Gasteiger partial charge in [-0.1, -0.05) is 102 Å². The van der Waals surface area contributed by atoms with Gasteiger partial charge in [-0.3, -0.25) is 13.9 Å². The highest BCUT2D eigenvalue weighted by Gasteiger charge is 2.36. The normalized spacial score (nSPS) is 13.9. The van der Waals surface area contributed by atoms with Crippen molar-refractivity contribution in [2.45, 2.75) is 55.6 Å². The number of halogens is 3. The third-order valence-corrected chi connectivity index (χ3v) is 11.1. The lowest BCUT2D eigenvalue weighted by Gasteiger charge is -2.34. The third-order valence-electron chi connectivity index (χ3n) is 8.33. The standard InChI is InChI=1S/C36H36Cl3N3O5S/c1-47-34-19-17-27(37)22-32(34)42(48(45,46)29-14-6-3-7-15-29)24-35(43)41(23-26-16-18-30(38)31(39)20-26)33(21-25-10-4-2-5-11-25)36(44)40-28-12-8-9-13-28/h2-7,10-11,14-20,22,28,33H,8-9,12-13,21,23-24H2,1H3,(H,40,44)/t33-/m1/s1. The molecule has 4 aromatic rings. The molecule has 252 valence electrons. The van der Waals surface area contributed by atoms with Gasteiger partial charge >= 0.3 is 0 Å².